The van der Waals surface area contributed by atoms with Gasteiger partial charge in [0.05, 0.1) is 10.9 Å². The molecule has 0 radical (unpaired) electrons. The predicted molar refractivity (Wildman–Crippen MR) is 108 cm³/mol. The zero-order valence-corrected chi connectivity index (χ0v) is 16.6. The number of halogens is 1. The summed E-state index contributed by atoms with van der Waals surface area (Å²) in [5.41, 5.74) is 8.02. The molecule has 146 valence electrons. The Bertz CT molecular complexity index is 1190. The van der Waals surface area contributed by atoms with Crippen LogP contribution in [0.3, 0.4) is 0 Å². The highest BCUT2D eigenvalue weighted by Gasteiger charge is 2.19. The molecule has 0 saturated heterocycles. The van der Waals surface area contributed by atoms with E-state index in [1.165, 1.54) is 18.2 Å². The molecule has 0 bridgehead atoms. The fourth-order valence-corrected chi connectivity index (χ4v) is 4.21. The monoisotopic (exact) mass is 400 g/mol. The third kappa shape index (κ3) is 3.84. The van der Waals surface area contributed by atoms with Gasteiger partial charge in [0.25, 0.3) is 5.91 Å². The lowest BCUT2D eigenvalue weighted by Crippen LogP contribution is -2.27. The Morgan fingerprint density at radius 2 is 1.71 bits per heavy atom. The van der Waals surface area contributed by atoms with E-state index in [2.05, 4.69) is 5.32 Å². The number of nitrogen functional groups attached to an aromatic ring is 1. The SMILES string of the molecule is Cc1c(S(C)(=O)=O)ccc([C@@H](C)NC(=O)c2ccc3cc(F)ccc3c2)c1N. The first kappa shape index (κ1) is 19.8. The minimum absolute atomic E-state index is 0.175. The molecule has 0 aliphatic heterocycles. The van der Waals surface area contributed by atoms with Gasteiger partial charge in [-0.05, 0) is 66.1 Å². The molecular weight excluding hydrogens is 379 g/mol. The van der Waals surface area contributed by atoms with Crippen molar-refractivity contribution in [2.24, 2.45) is 0 Å². The van der Waals surface area contributed by atoms with Crippen LogP contribution in [-0.2, 0) is 9.84 Å². The number of hydrogen-bond acceptors (Lipinski definition) is 4. The van der Waals surface area contributed by atoms with E-state index in [0.717, 1.165) is 11.6 Å². The topological polar surface area (TPSA) is 89.3 Å². The van der Waals surface area contributed by atoms with Crippen molar-refractivity contribution in [3.8, 4) is 0 Å². The number of nitrogens with one attached hydrogen (secondary N) is 1. The van der Waals surface area contributed by atoms with Crippen molar-refractivity contribution in [3.05, 3.63) is 71.0 Å². The lowest BCUT2D eigenvalue weighted by molar-refractivity contribution is 0.0940. The van der Waals surface area contributed by atoms with Crippen LogP contribution in [0.1, 0.15) is 34.5 Å². The largest absolute Gasteiger partial charge is 0.398 e. The van der Waals surface area contributed by atoms with Crippen LogP contribution in [0, 0.1) is 12.7 Å². The van der Waals surface area contributed by atoms with Crippen molar-refractivity contribution in [1.82, 2.24) is 5.32 Å². The molecule has 3 aromatic carbocycles. The molecule has 5 nitrogen and oxygen atoms in total. The molecule has 3 rings (SSSR count). The molecule has 7 heteroatoms. The molecule has 0 aromatic heterocycles. The summed E-state index contributed by atoms with van der Waals surface area (Å²) in [6.45, 7) is 3.42. The lowest BCUT2D eigenvalue weighted by Gasteiger charge is -2.19. The quantitative estimate of drug-likeness (QED) is 0.653. The van der Waals surface area contributed by atoms with Crippen LogP contribution in [0.5, 0.6) is 0 Å². The molecule has 3 aromatic rings. The van der Waals surface area contributed by atoms with Gasteiger partial charge < -0.3 is 11.1 Å². The summed E-state index contributed by atoms with van der Waals surface area (Å²) in [6, 6.07) is 12.1. The van der Waals surface area contributed by atoms with Gasteiger partial charge in [-0.15, -0.1) is 0 Å². The molecule has 0 unspecified atom stereocenters. The molecule has 0 fully saturated rings. The van der Waals surface area contributed by atoms with Crippen LogP contribution in [0.4, 0.5) is 10.1 Å². The van der Waals surface area contributed by atoms with Crippen LogP contribution in [0.25, 0.3) is 10.8 Å². The summed E-state index contributed by atoms with van der Waals surface area (Å²) >= 11 is 0. The zero-order valence-electron chi connectivity index (χ0n) is 15.8. The summed E-state index contributed by atoms with van der Waals surface area (Å²) in [5, 5.41) is 4.34. The number of benzene rings is 3. The summed E-state index contributed by atoms with van der Waals surface area (Å²) in [4.78, 5) is 12.8. The van der Waals surface area contributed by atoms with Gasteiger partial charge >= 0.3 is 0 Å². The van der Waals surface area contributed by atoms with Gasteiger partial charge in [-0.2, -0.15) is 0 Å². The smallest absolute Gasteiger partial charge is 0.251 e. The molecule has 0 aliphatic carbocycles. The Kier molecular flexibility index (Phi) is 5.12. The Balaban J connectivity index is 1.87. The first-order valence-corrected chi connectivity index (χ1v) is 10.6. The van der Waals surface area contributed by atoms with Gasteiger partial charge in [-0.25, -0.2) is 12.8 Å². The third-order valence-corrected chi connectivity index (χ3v) is 6.02. The maximum absolute atomic E-state index is 13.3. The van der Waals surface area contributed by atoms with Gasteiger partial charge in [-0.3, -0.25) is 4.79 Å². The molecule has 0 aliphatic rings. The molecular formula is C21H21FN2O3S. The highest BCUT2D eigenvalue weighted by Crippen LogP contribution is 2.29. The molecule has 1 atom stereocenters. The Morgan fingerprint density at radius 1 is 1.07 bits per heavy atom. The Morgan fingerprint density at radius 3 is 2.39 bits per heavy atom. The number of nitrogens with two attached hydrogens (primary N) is 1. The number of hydrogen-bond donors (Lipinski definition) is 2. The molecule has 28 heavy (non-hydrogen) atoms. The first-order valence-electron chi connectivity index (χ1n) is 8.67. The van der Waals surface area contributed by atoms with E-state index in [9.17, 15) is 17.6 Å². The van der Waals surface area contributed by atoms with E-state index in [4.69, 9.17) is 5.73 Å². The second-order valence-corrected chi connectivity index (χ2v) is 8.85. The van der Waals surface area contributed by atoms with Crippen molar-refractivity contribution in [2.75, 3.05) is 12.0 Å². The van der Waals surface area contributed by atoms with E-state index in [1.807, 2.05) is 0 Å². The minimum atomic E-state index is -3.38. The van der Waals surface area contributed by atoms with Gasteiger partial charge in [0.2, 0.25) is 0 Å². The summed E-state index contributed by atoms with van der Waals surface area (Å²) in [5.74, 6) is -0.635. The molecule has 3 N–H and O–H groups in total. The fourth-order valence-electron chi connectivity index (χ4n) is 3.22. The van der Waals surface area contributed by atoms with Gasteiger partial charge in [0, 0.05) is 17.5 Å². The second kappa shape index (κ2) is 7.24. The second-order valence-electron chi connectivity index (χ2n) is 6.87. The third-order valence-electron chi connectivity index (χ3n) is 4.78. The Hall–Kier alpha value is -2.93. The van der Waals surface area contributed by atoms with Crippen LogP contribution < -0.4 is 11.1 Å². The van der Waals surface area contributed by atoms with Crippen molar-refractivity contribution in [3.63, 3.8) is 0 Å². The van der Waals surface area contributed by atoms with E-state index in [0.29, 0.717) is 27.8 Å². The number of anilines is 1. The minimum Gasteiger partial charge on any atom is -0.398 e. The lowest BCUT2D eigenvalue weighted by atomic mass is 10.0. The summed E-state index contributed by atoms with van der Waals surface area (Å²) in [7, 11) is -3.38. The van der Waals surface area contributed by atoms with Gasteiger partial charge in [0.1, 0.15) is 5.82 Å². The van der Waals surface area contributed by atoms with Crippen LogP contribution in [-0.4, -0.2) is 20.6 Å². The van der Waals surface area contributed by atoms with Gasteiger partial charge in [-0.1, -0.05) is 18.2 Å². The average molecular weight is 400 g/mol. The number of amides is 1. The van der Waals surface area contributed by atoms with E-state index in [1.54, 1.807) is 44.2 Å². The maximum atomic E-state index is 13.3. The van der Waals surface area contributed by atoms with E-state index >= 15 is 0 Å². The molecule has 0 heterocycles. The highest BCUT2D eigenvalue weighted by molar-refractivity contribution is 7.90. The van der Waals surface area contributed by atoms with Gasteiger partial charge in [0.15, 0.2) is 9.84 Å². The van der Waals surface area contributed by atoms with E-state index in [-0.39, 0.29) is 16.6 Å². The number of fused-ring (bicyclic) bond motifs is 1. The first-order chi connectivity index (χ1) is 13.1. The molecule has 0 spiro atoms. The summed E-state index contributed by atoms with van der Waals surface area (Å²) in [6.07, 6.45) is 1.13. The number of sulfone groups is 1. The average Bonchev–Trinajstić information content (AvgIpc) is 2.62. The zero-order chi connectivity index (χ0) is 20.6. The van der Waals surface area contributed by atoms with Crippen molar-refractivity contribution in [1.29, 1.82) is 0 Å². The highest BCUT2D eigenvalue weighted by atomic mass is 32.2. The van der Waals surface area contributed by atoms with Crippen molar-refractivity contribution in [2.45, 2.75) is 24.8 Å². The van der Waals surface area contributed by atoms with Crippen molar-refractivity contribution >= 4 is 32.2 Å². The number of carbonyl (C=O) groups is 1. The standard InChI is InChI=1S/C21H21FN2O3S/c1-12-19(28(3,26)27)9-8-18(20(12)23)13(2)24-21(25)16-5-4-15-11-17(22)7-6-14(15)10-16/h4-11,13H,23H2,1-3H3,(H,24,25)/t13-/m1/s1. The van der Waals surface area contributed by atoms with Crippen LogP contribution >= 0.6 is 0 Å². The molecule has 1 amide bonds. The van der Waals surface area contributed by atoms with E-state index < -0.39 is 15.9 Å². The maximum Gasteiger partial charge on any atom is 0.251 e. The van der Waals surface area contributed by atoms with Crippen LogP contribution in [0.2, 0.25) is 0 Å². The Labute approximate surface area is 163 Å². The number of rotatable bonds is 4. The normalized spacial score (nSPS) is 12.7. The molecule has 0 saturated carbocycles. The van der Waals surface area contributed by atoms with Crippen molar-refractivity contribution < 1.29 is 17.6 Å². The fraction of sp³-hybridized carbons (Fsp3) is 0.190. The van der Waals surface area contributed by atoms with Crippen LogP contribution in [0.15, 0.2) is 53.4 Å². The number of carbonyl (C=O) groups excluding carboxylic acids is 1. The predicted octanol–water partition coefficient (Wildman–Crippen LogP) is 3.76. The summed E-state index contributed by atoms with van der Waals surface area (Å²) < 4.78 is 37.0.